The van der Waals surface area contributed by atoms with Crippen molar-refractivity contribution in [2.24, 2.45) is 11.8 Å². The molecule has 2 unspecified atom stereocenters. The van der Waals surface area contributed by atoms with E-state index in [0.717, 1.165) is 17.9 Å². The molecule has 4 nitrogen and oxygen atoms in total. The van der Waals surface area contributed by atoms with E-state index in [0.29, 0.717) is 13.2 Å². The van der Waals surface area contributed by atoms with Crippen LogP contribution in [0.1, 0.15) is 13.3 Å². The van der Waals surface area contributed by atoms with Gasteiger partial charge in [0.25, 0.3) is 0 Å². The van der Waals surface area contributed by atoms with E-state index in [1.165, 1.54) is 0 Å². The van der Waals surface area contributed by atoms with Gasteiger partial charge in [-0.1, -0.05) is 12.1 Å². The third-order valence-corrected chi connectivity index (χ3v) is 2.98. The maximum Gasteiger partial charge on any atom is 0.306 e. The molecule has 0 spiro atoms. The molecule has 0 saturated heterocycles. The number of carboxylic acid groups (broad SMARTS) is 1. The SMILES string of the molecule is CCOc1ccccc1NCC1CC1C(=O)O. The van der Waals surface area contributed by atoms with Crippen LogP contribution in [0.4, 0.5) is 5.69 Å². The number of nitrogens with one attached hydrogen (secondary N) is 1. The van der Waals surface area contributed by atoms with Crippen LogP contribution >= 0.6 is 0 Å². The van der Waals surface area contributed by atoms with Gasteiger partial charge in [-0.3, -0.25) is 4.79 Å². The number of carboxylic acids is 1. The predicted molar refractivity (Wildman–Crippen MR) is 65.3 cm³/mol. The van der Waals surface area contributed by atoms with Gasteiger partial charge in [-0.05, 0) is 31.4 Å². The fourth-order valence-electron chi connectivity index (χ4n) is 1.91. The number of hydrogen-bond donors (Lipinski definition) is 2. The van der Waals surface area contributed by atoms with E-state index >= 15 is 0 Å². The molecule has 4 heteroatoms. The highest BCUT2D eigenvalue weighted by Crippen LogP contribution is 2.39. The molecule has 0 radical (unpaired) electrons. The highest BCUT2D eigenvalue weighted by atomic mass is 16.5. The van der Waals surface area contributed by atoms with Crippen LogP contribution in [0.2, 0.25) is 0 Å². The number of benzene rings is 1. The molecule has 2 rings (SSSR count). The van der Waals surface area contributed by atoms with E-state index in [1.54, 1.807) is 0 Å². The van der Waals surface area contributed by atoms with E-state index in [2.05, 4.69) is 5.32 Å². The molecule has 0 amide bonds. The Morgan fingerprint density at radius 1 is 1.53 bits per heavy atom. The van der Waals surface area contributed by atoms with Crippen LogP contribution in [0.15, 0.2) is 24.3 Å². The molecular weight excluding hydrogens is 218 g/mol. The second-order valence-electron chi connectivity index (χ2n) is 4.25. The van der Waals surface area contributed by atoms with Gasteiger partial charge in [-0.15, -0.1) is 0 Å². The average Bonchev–Trinajstić information content (AvgIpc) is 3.08. The fourth-order valence-corrected chi connectivity index (χ4v) is 1.91. The molecule has 2 N–H and O–H groups in total. The zero-order valence-electron chi connectivity index (χ0n) is 9.85. The number of ether oxygens (including phenoxy) is 1. The van der Waals surface area contributed by atoms with Crippen LogP contribution < -0.4 is 10.1 Å². The molecular formula is C13H17NO3. The van der Waals surface area contributed by atoms with Crippen LogP contribution in [-0.4, -0.2) is 24.2 Å². The van der Waals surface area contributed by atoms with Crippen molar-refractivity contribution in [2.45, 2.75) is 13.3 Å². The van der Waals surface area contributed by atoms with Crippen LogP contribution in [-0.2, 0) is 4.79 Å². The van der Waals surface area contributed by atoms with Crippen molar-refractivity contribution in [3.8, 4) is 5.75 Å². The summed E-state index contributed by atoms with van der Waals surface area (Å²) in [7, 11) is 0. The summed E-state index contributed by atoms with van der Waals surface area (Å²) in [5.74, 6) is 0.223. The van der Waals surface area contributed by atoms with Gasteiger partial charge in [0.15, 0.2) is 0 Å². The van der Waals surface area contributed by atoms with Gasteiger partial charge in [0.2, 0.25) is 0 Å². The molecule has 2 atom stereocenters. The molecule has 0 heterocycles. The summed E-state index contributed by atoms with van der Waals surface area (Å²) < 4.78 is 5.49. The van der Waals surface area contributed by atoms with Crippen LogP contribution in [0, 0.1) is 11.8 Å². The van der Waals surface area contributed by atoms with E-state index in [1.807, 2.05) is 31.2 Å². The fraction of sp³-hybridized carbons (Fsp3) is 0.462. The summed E-state index contributed by atoms with van der Waals surface area (Å²) in [6.45, 7) is 3.26. The Morgan fingerprint density at radius 3 is 2.94 bits per heavy atom. The molecule has 0 aliphatic heterocycles. The summed E-state index contributed by atoms with van der Waals surface area (Å²) in [4.78, 5) is 10.7. The van der Waals surface area contributed by atoms with Crippen molar-refractivity contribution in [3.63, 3.8) is 0 Å². The standard InChI is InChI=1S/C13H17NO3/c1-2-17-12-6-4-3-5-11(12)14-8-9-7-10(9)13(15)16/h3-6,9-10,14H,2,7-8H2,1H3,(H,15,16). The first kappa shape index (κ1) is 11.8. The van der Waals surface area contributed by atoms with Crippen molar-refractivity contribution in [3.05, 3.63) is 24.3 Å². The van der Waals surface area contributed by atoms with Gasteiger partial charge >= 0.3 is 5.97 Å². The lowest BCUT2D eigenvalue weighted by Crippen LogP contribution is -2.09. The zero-order chi connectivity index (χ0) is 12.3. The smallest absolute Gasteiger partial charge is 0.306 e. The maximum absolute atomic E-state index is 10.7. The van der Waals surface area contributed by atoms with Crippen LogP contribution in [0.3, 0.4) is 0 Å². The number of carbonyl (C=O) groups is 1. The van der Waals surface area contributed by atoms with E-state index in [9.17, 15) is 4.79 Å². The van der Waals surface area contributed by atoms with Crippen molar-refractivity contribution >= 4 is 11.7 Å². The van der Waals surface area contributed by atoms with E-state index in [4.69, 9.17) is 9.84 Å². The number of rotatable bonds is 6. The van der Waals surface area contributed by atoms with Crippen molar-refractivity contribution < 1.29 is 14.6 Å². The second kappa shape index (κ2) is 5.08. The maximum atomic E-state index is 10.7. The van der Waals surface area contributed by atoms with Gasteiger partial charge in [-0.25, -0.2) is 0 Å². The van der Waals surface area contributed by atoms with Crippen molar-refractivity contribution in [2.75, 3.05) is 18.5 Å². The Bertz CT molecular complexity index is 405. The Morgan fingerprint density at radius 2 is 2.29 bits per heavy atom. The Hall–Kier alpha value is -1.71. The Balaban J connectivity index is 1.89. The van der Waals surface area contributed by atoms with Gasteiger partial charge in [0, 0.05) is 6.54 Å². The van der Waals surface area contributed by atoms with E-state index in [-0.39, 0.29) is 11.8 Å². The molecule has 0 aromatic heterocycles. The van der Waals surface area contributed by atoms with Gasteiger partial charge < -0.3 is 15.2 Å². The highest BCUT2D eigenvalue weighted by molar-refractivity contribution is 5.73. The molecule has 0 bridgehead atoms. The lowest BCUT2D eigenvalue weighted by Gasteiger charge is -2.11. The molecule has 1 aromatic rings. The average molecular weight is 235 g/mol. The Labute approximate surface area is 101 Å². The molecule has 92 valence electrons. The van der Waals surface area contributed by atoms with Crippen LogP contribution in [0.25, 0.3) is 0 Å². The normalized spacial score (nSPS) is 21.9. The quantitative estimate of drug-likeness (QED) is 0.793. The number of aliphatic carboxylic acids is 1. The first-order valence-corrected chi connectivity index (χ1v) is 5.91. The van der Waals surface area contributed by atoms with Crippen LogP contribution in [0.5, 0.6) is 5.75 Å². The minimum atomic E-state index is -0.685. The summed E-state index contributed by atoms with van der Waals surface area (Å²) in [6.07, 6.45) is 0.777. The minimum Gasteiger partial charge on any atom is -0.492 e. The topological polar surface area (TPSA) is 58.6 Å². The summed E-state index contributed by atoms with van der Waals surface area (Å²) >= 11 is 0. The largest absolute Gasteiger partial charge is 0.492 e. The molecule has 17 heavy (non-hydrogen) atoms. The number of anilines is 1. The van der Waals surface area contributed by atoms with Crippen molar-refractivity contribution in [1.29, 1.82) is 0 Å². The molecule has 1 aromatic carbocycles. The molecule has 1 aliphatic rings. The summed E-state index contributed by atoms with van der Waals surface area (Å²) in [5, 5.41) is 12.1. The number of hydrogen-bond acceptors (Lipinski definition) is 3. The zero-order valence-corrected chi connectivity index (χ0v) is 9.85. The predicted octanol–water partition coefficient (Wildman–Crippen LogP) is 2.22. The molecule has 1 fully saturated rings. The lowest BCUT2D eigenvalue weighted by atomic mass is 10.2. The van der Waals surface area contributed by atoms with Gasteiger partial charge in [-0.2, -0.15) is 0 Å². The highest BCUT2D eigenvalue weighted by Gasteiger charge is 2.42. The number of para-hydroxylation sites is 2. The molecule has 1 saturated carbocycles. The second-order valence-corrected chi connectivity index (χ2v) is 4.25. The van der Waals surface area contributed by atoms with E-state index < -0.39 is 5.97 Å². The molecule has 1 aliphatic carbocycles. The van der Waals surface area contributed by atoms with Crippen molar-refractivity contribution in [1.82, 2.24) is 0 Å². The summed E-state index contributed by atoms with van der Waals surface area (Å²) in [6, 6.07) is 7.72. The third kappa shape index (κ3) is 2.90. The van der Waals surface area contributed by atoms with Gasteiger partial charge in [0.05, 0.1) is 18.2 Å². The minimum absolute atomic E-state index is 0.165. The lowest BCUT2D eigenvalue weighted by molar-refractivity contribution is -0.138. The summed E-state index contributed by atoms with van der Waals surface area (Å²) in [5.41, 5.74) is 0.936. The first-order chi connectivity index (χ1) is 8.22. The Kier molecular flexibility index (Phi) is 3.52. The first-order valence-electron chi connectivity index (χ1n) is 5.91. The third-order valence-electron chi connectivity index (χ3n) is 2.98. The monoisotopic (exact) mass is 235 g/mol. The van der Waals surface area contributed by atoms with Gasteiger partial charge in [0.1, 0.15) is 5.75 Å².